The zero-order chi connectivity index (χ0) is 14.5. The standard InChI is InChI=1S/C11H11F3N2O2S/c12-11(13,14)7-2-1-3-8(6-7)16-10(19)15-5-4-9(17)18/h1-3,6H,4-5H2,(H,17,18)(H2,15,16,19). The Balaban J connectivity index is 2.57. The molecule has 4 nitrogen and oxygen atoms in total. The van der Waals surface area contributed by atoms with Crippen molar-refractivity contribution in [3.05, 3.63) is 29.8 Å². The van der Waals surface area contributed by atoms with E-state index in [-0.39, 0.29) is 23.8 Å². The van der Waals surface area contributed by atoms with E-state index in [1.807, 2.05) is 0 Å². The number of hydrogen-bond acceptors (Lipinski definition) is 2. The van der Waals surface area contributed by atoms with Gasteiger partial charge in [0.1, 0.15) is 0 Å². The van der Waals surface area contributed by atoms with Gasteiger partial charge in [-0.1, -0.05) is 6.07 Å². The number of carbonyl (C=O) groups is 1. The number of aliphatic carboxylic acids is 1. The third-order valence-electron chi connectivity index (χ3n) is 2.07. The molecule has 104 valence electrons. The number of carboxylic acids is 1. The molecule has 8 heteroatoms. The first-order chi connectivity index (χ1) is 8.79. The van der Waals surface area contributed by atoms with E-state index >= 15 is 0 Å². The van der Waals surface area contributed by atoms with Gasteiger partial charge in [-0.05, 0) is 30.4 Å². The zero-order valence-electron chi connectivity index (χ0n) is 9.62. The van der Waals surface area contributed by atoms with Crippen LogP contribution < -0.4 is 10.6 Å². The van der Waals surface area contributed by atoms with Crippen molar-refractivity contribution in [1.82, 2.24) is 5.32 Å². The van der Waals surface area contributed by atoms with Crippen LogP contribution in [0.5, 0.6) is 0 Å². The number of alkyl halides is 3. The monoisotopic (exact) mass is 292 g/mol. The predicted molar refractivity (Wildman–Crippen MR) is 67.9 cm³/mol. The average molecular weight is 292 g/mol. The summed E-state index contributed by atoms with van der Waals surface area (Å²) in [5.74, 6) is -0.991. The van der Waals surface area contributed by atoms with Crippen molar-refractivity contribution in [2.24, 2.45) is 0 Å². The second-order valence-electron chi connectivity index (χ2n) is 3.60. The lowest BCUT2D eigenvalue weighted by molar-refractivity contribution is -0.138. The van der Waals surface area contributed by atoms with Crippen molar-refractivity contribution in [1.29, 1.82) is 0 Å². The minimum Gasteiger partial charge on any atom is -0.481 e. The maximum atomic E-state index is 12.5. The number of thiocarbonyl (C=S) groups is 1. The second kappa shape index (κ2) is 6.37. The lowest BCUT2D eigenvalue weighted by Crippen LogP contribution is -2.30. The number of anilines is 1. The fourth-order valence-electron chi connectivity index (χ4n) is 1.23. The van der Waals surface area contributed by atoms with Gasteiger partial charge >= 0.3 is 12.1 Å². The third-order valence-corrected chi connectivity index (χ3v) is 2.32. The lowest BCUT2D eigenvalue weighted by Gasteiger charge is -2.12. The van der Waals surface area contributed by atoms with Crippen LogP contribution in [-0.2, 0) is 11.0 Å². The Morgan fingerprint density at radius 1 is 1.37 bits per heavy atom. The highest BCUT2D eigenvalue weighted by Gasteiger charge is 2.30. The van der Waals surface area contributed by atoms with E-state index in [4.69, 9.17) is 17.3 Å². The van der Waals surface area contributed by atoms with Crippen LogP contribution in [0.2, 0.25) is 0 Å². The predicted octanol–water partition coefficient (Wildman–Crippen LogP) is 2.47. The van der Waals surface area contributed by atoms with Crippen LogP contribution in [0.1, 0.15) is 12.0 Å². The van der Waals surface area contributed by atoms with Crippen molar-refractivity contribution in [2.45, 2.75) is 12.6 Å². The molecule has 3 N–H and O–H groups in total. The van der Waals surface area contributed by atoms with E-state index in [1.54, 1.807) is 0 Å². The maximum Gasteiger partial charge on any atom is 0.416 e. The topological polar surface area (TPSA) is 61.4 Å². The van der Waals surface area contributed by atoms with Crippen LogP contribution in [0.4, 0.5) is 18.9 Å². The number of halogens is 3. The van der Waals surface area contributed by atoms with Crippen LogP contribution in [0.25, 0.3) is 0 Å². The Morgan fingerprint density at radius 2 is 2.05 bits per heavy atom. The summed E-state index contributed by atoms with van der Waals surface area (Å²) in [7, 11) is 0. The van der Waals surface area contributed by atoms with Crippen molar-refractivity contribution in [3.8, 4) is 0 Å². The molecule has 0 spiro atoms. The molecule has 0 saturated carbocycles. The summed E-state index contributed by atoms with van der Waals surface area (Å²) in [6.07, 6.45) is -4.56. The molecule has 0 saturated heterocycles. The van der Waals surface area contributed by atoms with E-state index in [0.717, 1.165) is 12.1 Å². The zero-order valence-corrected chi connectivity index (χ0v) is 10.4. The van der Waals surface area contributed by atoms with Gasteiger partial charge in [0.2, 0.25) is 0 Å². The molecule has 19 heavy (non-hydrogen) atoms. The highest BCUT2D eigenvalue weighted by Crippen LogP contribution is 2.30. The summed E-state index contributed by atoms with van der Waals surface area (Å²) in [5, 5.41) is 13.6. The van der Waals surface area contributed by atoms with Crippen molar-refractivity contribution < 1.29 is 23.1 Å². The Hall–Kier alpha value is -1.83. The average Bonchev–Trinajstić information content (AvgIpc) is 2.27. The Bertz CT molecular complexity index is 477. The van der Waals surface area contributed by atoms with Crippen LogP contribution in [0, 0.1) is 0 Å². The summed E-state index contributed by atoms with van der Waals surface area (Å²) in [4.78, 5) is 10.3. The first kappa shape index (κ1) is 15.2. The molecule has 0 fully saturated rings. The molecule has 0 radical (unpaired) electrons. The third kappa shape index (κ3) is 5.56. The number of hydrogen-bond donors (Lipinski definition) is 3. The number of benzene rings is 1. The minimum atomic E-state index is -4.42. The van der Waals surface area contributed by atoms with Gasteiger partial charge in [0.15, 0.2) is 5.11 Å². The van der Waals surface area contributed by atoms with Crippen molar-refractivity contribution in [2.75, 3.05) is 11.9 Å². The molecule has 0 amide bonds. The van der Waals surface area contributed by atoms with E-state index in [9.17, 15) is 18.0 Å². The largest absolute Gasteiger partial charge is 0.481 e. The molecule has 0 aliphatic rings. The van der Waals surface area contributed by atoms with Crippen molar-refractivity contribution >= 4 is 29.0 Å². The van der Waals surface area contributed by atoms with Gasteiger partial charge in [-0.25, -0.2) is 0 Å². The number of nitrogens with one attached hydrogen (secondary N) is 2. The summed E-state index contributed by atoms with van der Waals surface area (Å²) in [5.41, 5.74) is -0.603. The smallest absolute Gasteiger partial charge is 0.416 e. The highest BCUT2D eigenvalue weighted by atomic mass is 32.1. The molecule has 0 bridgehead atoms. The van der Waals surface area contributed by atoms with Crippen LogP contribution in [-0.4, -0.2) is 22.7 Å². The Labute approximate surface area is 112 Å². The molecule has 0 atom stereocenters. The molecule has 0 aliphatic carbocycles. The Morgan fingerprint density at radius 3 is 2.63 bits per heavy atom. The maximum absolute atomic E-state index is 12.5. The van der Waals surface area contributed by atoms with E-state index in [2.05, 4.69) is 10.6 Å². The van der Waals surface area contributed by atoms with Gasteiger partial charge < -0.3 is 15.7 Å². The fourth-order valence-corrected chi connectivity index (χ4v) is 1.45. The molecule has 0 aromatic heterocycles. The molecule has 0 aliphatic heterocycles. The van der Waals surface area contributed by atoms with Crippen molar-refractivity contribution in [3.63, 3.8) is 0 Å². The van der Waals surface area contributed by atoms with E-state index in [0.29, 0.717) is 0 Å². The second-order valence-corrected chi connectivity index (χ2v) is 4.01. The van der Waals surface area contributed by atoms with Crippen LogP contribution in [0.15, 0.2) is 24.3 Å². The first-order valence-electron chi connectivity index (χ1n) is 5.23. The molecule has 1 aromatic rings. The molecule has 0 unspecified atom stereocenters. The normalized spacial score (nSPS) is 10.9. The number of carboxylic acid groups (broad SMARTS) is 1. The fraction of sp³-hybridized carbons (Fsp3) is 0.273. The van der Waals surface area contributed by atoms with Gasteiger partial charge in [0.25, 0.3) is 0 Å². The summed E-state index contributed by atoms with van der Waals surface area (Å²) in [6.45, 7) is 0.0973. The molecular weight excluding hydrogens is 281 g/mol. The van der Waals surface area contributed by atoms with Gasteiger partial charge in [0.05, 0.1) is 12.0 Å². The minimum absolute atomic E-state index is 0.0700. The van der Waals surface area contributed by atoms with E-state index < -0.39 is 17.7 Å². The van der Waals surface area contributed by atoms with Crippen LogP contribution >= 0.6 is 12.2 Å². The summed E-state index contributed by atoms with van der Waals surface area (Å²) in [6, 6.07) is 4.56. The SMILES string of the molecule is O=C(O)CCNC(=S)Nc1cccc(C(F)(F)F)c1. The lowest BCUT2D eigenvalue weighted by atomic mass is 10.2. The molecule has 1 aromatic carbocycles. The van der Waals surface area contributed by atoms with Gasteiger partial charge in [-0.15, -0.1) is 0 Å². The first-order valence-corrected chi connectivity index (χ1v) is 5.64. The number of rotatable bonds is 4. The quantitative estimate of drug-likeness (QED) is 0.744. The van der Waals surface area contributed by atoms with E-state index in [1.165, 1.54) is 12.1 Å². The highest BCUT2D eigenvalue weighted by molar-refractivity contribution is 7.80. The summed E-state index contributed by atoms with van der Waals surface area (Å²) < 4.78 is 37.4. The molecular formula is C11H11F3N2O2S. The van der Waals surface area contributed by atoms with Gasteiger partial charge in [0, 0.05) is 12.2 Å². The van der Waals surface area contributed by atoms with Crippen LogP contribution in [0.3, 0.4) is 0 Å². The molecule has 0 heterocycles. The van der Waals surface area contributed by atoms with Gasteiger partial charge in [-0.3, -0.25) is 4.79 Å². The molecule has 1 rings (SSSR count). The van der Waals surface area contributed by atoms with Gasteiger partial charge in [-0.2, -0.15) is 13.2 Å². The Kier molecular flexibility index (Phi) is 5.11. The summed E-state index contributed by atoms with van der Waals surface area (Å²) >= 11 is 4.83.